The number of likely N-dealkylation sites (N-methyl/N-ethyl adjacent to an activating group) is 1. The van der Waals surface area contributed by atoms with E-state index >= 15 is 0 Å². The average molecular weight is 360 g/mol. The molecule has 2 aliphatic heterocycles. The number of amides is 1. The van der Waals surface area contributed by atoms with Gasteiger partial charge in [0, 0.05) is 38.3 Å². The second kappa shape index (κ2) is 9.38. The van der Waals surface area contributed by atoms with Crippen LogP contribution >= 0.6 is 0 Å². The number of rotatable bonds is 5. The minimum Gasteiger partial charge on any atom is -0.450 e. The van der Waals surface area contributed by atoms with Gasteiger partial charge >= 0.3 is 6.09 Å². The van der Waals surface area contributed by atoms with E-state index in [1.807, 2.05) is 11.8 Å². The Labute approximate surface area is 157 Å². The third-order valence-electron chi connectivity index (χ3n) is 5.83. The molecule has 0 aromatic heterocycles. The number of likely N-dealkylation sites (tertiary alicyclic amines) is 2. The van der Waals surface area contributed by atoms with E-state index in [0.717, 1.165) is 39.0 Å². The minimum atomic E-state index is -0.148. The lowest BCUT2D eigenvalue weighted by atomic mass is 9.97. The van der Waals surface area contributed by atoms with Crippen LogP contribution in [-0.4, -0.2) is 72.7 Å². The Morgan fingerprint density at radius 2 is 1.88 bits per heavy atom. The molecule has 5 nitrogen and oxygen atoms in total. The summed E-state index contributed by atoms with van der Waals surface area (Å²) < 4.78 is 5.13. The summed E-state index contributed by atoms with van der Waals surface area (Å²) in [6, 6.07) is 12.0. The SMILES string of the molecule is CCOC(=O)N1CCC(N2CCCC(N(C)Cc3ccccc3)C2)CC1. The van der Waals surface area contributed by atoms with Crippen molar-refractivity contribution in [3.63, 3.8) is 0 Å². The van der Waals surface area contributed by atoms with Gasteiger partial charge < -0.3 is 9.64 Å². The van der Waals surface area contributed by atoms with Gasteiger partial charge in [0.05, 0.1) is 6.61 Å². The van der Waals surface area contributed by atoms with Crippen molar-refractivity contribution in [2.45, 2.75) is 51.2 Å². The van der Waals surface area contributed by atoms with E-state index in [1.54, 1.807) is 0 Å². The van der Waals surface area contributed by atoms with E-state index < -0.39 is 0 Å². The molecule has 0 spiro atoms. The molecule has 0 aliphatic carbocycles. The fourth-order valence-electron chi connectivity index (χ4n) is 4.30. The Hall–Kier alpha value is -1.59. The number of nitrogens with zero attached hydrogens (tertiary/aromatic N) is 3. The lowest BCUT2D eigenvalue weighted by Crippen LogP contribution is -2.53. The molecule has 1 unspecified atom stereocenters. The molecule has 1 amide bonds. The van der Waals surface area contributed by atoms with Crippen LogP contribution in [-0.2, 0) is 11.3 Å². The first-order chi connectivity index (χ1) is 12.7. The van der Waals surface area contributed by atoms with Gasteiger partial charge in [-0.15, -0.1) is 0 Å². The van der Waals surface area contributed by atoms with E-state index in [9.17, 15) is 4.79 Å². The maximum atomic E-state index is 11.9. The van der Waals surface area contributed by atoms with Crippen LogP contribution in [0.2, 0.25) is 0 Å². The number of carbonyl (C=O) groups is 1. The fraction of sp³-hybridized carbons (Fsp3) is 0.667. The minimum absolute atomic E-state index is 0.148. The Morgan fingerprint density at radius 1 is 1.15 bits per heavy atom. The Bertz CT molecular complexity index is 558. The lowest BCUT2D eigenvalue weighted by Gasteiger charge is -2.44. The molecule has 2 fully saturated rings. The van der Waals surface area contributed by atoms with Gasteiger partial charge in [-0.25, -0.2) is 4.79 Å². The zero-order valence-corrected chi connectivity index (χ0v) is 16.3. The fourth-order valence-corrected chi connectivity index (χ4v) is 4.30. The van der Waals surface area contributed by atoms with Gasteiger partial charge in [-0.2, -0.15) is 0 Å². The highest BCUT2D eigenvalue weighted by Crippen LogP contribution is 2.24. The number of ether oxygens (including phenoxy) is 1. The summed E-state index contributed by atoms with van der Waals surface area (Å²) in [5, 5.41) is 0. The molecule has 1 aromatic carbocycles. The molecule has 5 heteroatoms. The van der Waals surface area contributed by atoms with Crippen LogP contribution in [0.3, 0.4) is 0 Å². The van der Waals surface area contributed by atoms with Crippen LogP contribution in [0.4, 0.5) is 4.79 Å². The predicted molar refractivity (Wildman–Crippen MR) is 104 cm³/mol. The number of benzene rings is 1. The van der Waals surface area contributed by atoms with Crippen molar-refractivity contribution in [1.82, 2.24) is 14.7 Å². The quantitative estimate of drug-likeness (QED) is 0.809. The van der Waals surface area contributed by atoms with Crippen molar-refractivity contribution in [3.8, 4) is 0 Å². The Balaban J connectivity index is 1.48. The molecule has 0 radical (unpaired) electrons. The van der Waals surface area contributed by atoms with Gasteiger partial charge in [0.1, 0.15) is 0 Å². The lowest BCUT2D eigenvalue weighted by molar-refractivity contribution is 0.0438. The largest absolute Gasteiger partial charge is 0.450 e. The summed E-state index contributed by atoms with van der Waals surface area (Å²) in [7, 11) is 2.25. The average Bonchev–Trinajstić information content (AvgIpc) is 2.69. The van der Waals surface area contributed by atoms with Crippen LogP contribution in [0.25, 0.3) is 0 Å². The highest BCUT2D eigenvalue weighted by molar-refractivity contribution is 5.67. The molecular formula is C21H33N3O2. The molecule has 1 aromatic rings. The molecule has 2 aliphatic rings. The van der Waals surface area contributed by atoms with E-state index in [1.165, 1.54) is 24.9 Å². The predicted octanol–water partition coefficient (Wildman–Crippen LogP) is 3.20. The zero-order valence-electron chi connectivity index (χ0n) is 16.3. The van der Waals surface area contributed by atoms with Crippen molar-refractivity contribution in [3.05, 3.63) is 35.9 Å². The van der Waals surface area contributed by atoms with Crippen molar-refractivity contribution < 1.29 is 9.53 Å². The van der Waals surface area contributed by atoms with Crippen LogP contribution in [0.1, 0.15) is 38.2 Å². The van der Waals surface area contributed by atoms with Crippen LogP contribution < -0.4 is 0 Å². The van der Waals surface area contributed by atoms with E-state index in [0.29, 0.717) is 18.7 Å². The second-order valence-corrected chi connectivity index (χ2v) is 7.61. The van der Waals surface area contributed by atoms with Gasteiger partial charge in [0.2, 0.25) is 0 Å². The van der Waals surface area contributed by atoms with Crippen molar-refractivity contribution in [2.24, 2.45) is 0 Å². The number of carbonyl (C=O) groups excluding carboxylic acids is 1. The summed E-state index contributed by atoms with van der Waals surface area (Å²) in [4.78, 5) is 18.9. The third-order valence-corrected chi connectivity index (χ3v) is 5.83. The molecule has 0 saturated carbocycles. The first-order valence-electron chi connectivity index (χ1n) is 10.1. The molecule has 3 rings (SSSR count). The summed E-state index contributed by atoms with van der Waals surface area (Å²) in [6.45, 7) is 7.33. The highest BCUT2D eigenvalue weighted by atomic mass is 16.6. The molecular weight excluding hydrogens is 326 g/mol. The van der Waals surface area contributed by atoms with Crippen molar-refractivity contribution in [1.29, 1.82) is 0 Å². The van der Waals surface area contributed by atoms with E-state index in [4.69, 9.17) is 4.74 Å². The molecule has 0 N–H and O–H groups in total. The van der Waals surface area contributed by atoms with Gasteiger partial charge in [-0.1, -0.05) is 30.3 Å². The first kappa shape index (κ1) is 19.2. The van der Waals surface area contributed by atoms with Crippen LogP contribution in [0, 0.1) is 0 Å². The maximum Gasteiger partial charge on any atom is 0.409 e. The standard InChI is InChI=1S/C21H33N3O2/c1-3-26-21(25)23-14-11-19(12-15-23)24-13-7-10-20(17-24)22(2)16-18-8-5-4-6-9-18/h4-6,8-9,19-20H,3,7,10-17H2,1-2H3. The maximum absolute atomic E-state index is 11.9. The van der Waals surface area contributed by atoms with Gasteiger partial charge in [0.15, 0.2) is 0 Å². The molecule has 2 heterocycles. The smallest absolute Gasteiger partial charge is 0.409 e. The molecule has 26 heavy (non-hydrogen) atoms. The van der Waals surface area contributed by atoms with Gasteiger partial charge in [-0.05, 0) is 51.8 Å². The number of hydrogen-bond donors (Lipinski definition) is 0. The van der Waals surface area contributed by atoms with Crippen LogP contribution in [0.5, 0.6) is 0 Å². The van der Waals surface area contributed by atoms with Gasteiger partial charge in [0.25, 0.3) is 0 Å². The normalized spacial score (nSPS) is 22.6. The molecule has 1 atom stereocenters. The summed E-state index contributed by atoms with van der Waals surface area (Å²) in [5.74, 6) is 0. The summed E-state index contributed by atoms with van der Waals surface area (Å²) in [6.07, 6.45) is 4.52. The first-order valence-corrected chi connectivity index (χ1v) is 10.1. The van der Waals surface area contributed by atoms with Gasteiger partial charge in [-0.3, -0.25) is 9.80 Å². The highest BCUT2D eigenvalue weighted by Gasteiger charge is 2.31. The van der Waals surface area contributed by atoms with Crippen molar-refractivity contribution >= 4 is 6.09 Å². The molecule has 0 bridgehead atoms. The zero-order chi connectivity index (χ0) is 18.4. The van der Waals surface area contributed by atoms with Crippen LogP contribution in [0.15, 0.2) is 30.3 Å². The summed E-state index contributed by atoms with van der Waals surface area (Å²) >= 11 is 0. The summed E-state index contributed by atoms with van der Waals surface area (Å²) in [5.41, 5.74) is 1.38. The Kier molecular flexibility index (Phi) is 6.92. The monoisotopic (exact) mass is 359 g/mol. The second-order valence-electron chi connectivity index (χ2n) is 7.61. The molecule has 2 saturated heterocycles. The number of piperidine rings is 2. The number of hydrogen-bond acceptors (Lipinski definition) is 4. The van der Waals surface area contributed by atoms with Crippen molar-refractivity contribution in [2.75, 3.05) is 39.8 Å². The van der Waals surface area contributed by atoms with E-state index in [-0.39, 0.29) is 6.09 Å². The Morgan fingerprint density at radius 3 is 2.58 bits per heavy atom. The molecule has 144 valence electrons. The third kappa shape index (κ3) is 4.98. The van der Waals surface area contributed by atoms with E-state index in [2.05, 4.69) is 47.2 Å². The topological polar surface area (TPSA) is 36.0 Å².